The summed E-state index contributed by atoms with van der Waals surface area (Å²) < 4.78 is 21.2. The number of rotatable bonds is 4. The van der Waals surface area contributed by atoms with E-state index in [0.29, 0.717) is 0 Å². The van der Waals surface area contributed by atoms with E-state index in [9.17, 15) is 13.2 Å². The molecule has 0 aliphatic rings. The van der Waals surface area contributed by atoms with Gasteiger partial charge in [0.15, 0.2) is 0 Å². The molecule has 16 heavy (non-hydrogen) atoms. The van der Waals surface area contributed by atoms with Crippen molar-refractivity contribution in [2.45, 2.75) is 0 Å². The van der Waals surface area contributed by atoms with Crippen LogP contribution >= 0.6 is 0 Å². The molecule has 0 aromatic carbocycles. The van der Waals surface area contributed by atoms with Crippen molar-refractivity contribution in [2.75, 3.05) is 18.0 Å². The number of sulfonamides is 1. The van der Waals surface area contributed by atoms with E-state index in [4.69, 9.17) is 10.9 Å². The fraction of sp³-hybridized carbons (Fsp3) is 0.286. The second-order valence-corrected chi connectivity index (χ2v) is 4.69. The monoisotopic (exact) mass is 245 g/mol. The lowest BCUT2D eigenvalue weighted by Crippen LogP contribution is -2.32. The lowest BCUT2D eigenvalue weighted by molar-refractivity contribution is 0.0951. The van der Waals surface area contributed by atoms with Gasteiger partial charge in [-0.2, -0.15) is 0 Å². The minimum absolute atomic E-state index is 0.0226. The fourth-order valence-electron chi connectivity index (χ4n) is 0.888. The largest absolute Gasteiger partial charge is 0.382 e. The Hall–Kier alpha value is -1.74. The molecule has 0 atom stereocenters. The number of hydrogen-bond acceptors (Lipinski definition) is 6. The van der Waals surface area contributed by atoms with Crippen LogP contribution in [0.25, 0.3) is 0 Å². The summed E-state index contributed by atoms with van der Waals surface area (Å²) in [5, 5.41) is 7.08. The summed E-state index contributed by atoms with van der Waals surface area (Å²) in [6.07, 6.45) is 2.52. The number of nitrogen functional groups attached to an aromatic ring is 1. The van der Waals surface area contributed by atoms with Gasteiger partial charge in [-0.25, -0.2) is 18.5 Å². The van der Waals surface area contributed by atoms with Crippen LogP contribution in [-0.4, -0.2) is 36.6 Å². The van der Waals surface area contributed by atoms with E-state index in [-0.39, 0.29) is 23.8 Å². The van der Waals surface area contributed by atoms with Crippen LogP contribution in [0.2, 0.25) is 0 Å². The summed E-state index contributed by atoms with van der Waals surface area (Å²) in [4.78, 5) is 18.8. The zero-order valence-corrected chi connectivity index (χ0v) is 9.07. The van der Waals surface area contributed by atoms with Crippen LogP contribution < -0.4 is 16.2 Å². The predicted octanol–water partition coefficient (Wildman–Crippen LogP) is -1.92. The van der Waals surface area contributed by atoms with Gasteiger partial charge in [-0.3, -0.25) is 9.78 Å². The third-order valence-electron chi connectivity index (χ3n) is 1.56. The maximum Gasteiger partial charge on any atom is 0.271 e. The molecule has 9 heteroatoms. The summed E-state index contributed by atoms with van der Waals surface area (Å²) in [6.45, 7) is -0.0891. The molecule has 1 amide bonds. The zero-order chi connectivity index (χ0) is 12.2. The van der Waals surface area contributed by atoms with Gasteiger partial charge in [0.25, 0.3) is 5.91 Å². The van der Waals surface area contributed by atoms with Crippen LogP contribution in [0.1, 0.15) is 10.5 Å². The van der Waals surface area contributed by atoms with Crippen molar-refractivity contribution >= 4 is 21.7 Å². The molecule has 0 aliphatic heterocycles. The van der Waals surface area contributed by atoms with E-state index in [2.05, 4.69) is 15.3 Å². The molecule has 0 aliphatic carbocycles. The molecule has 0 saturated carbocycles. The minimum Gasteiger partial charge on any atom is -0.382 e. The molecule has 0 unspecified atom stereocenters. The standard InChI is InChI=1S/C7H11N5O3S/c8-6-4-10-3-5(12-6)7(13)11-1-2-16(9,14)15/h3-4H,1-2H2,(H2,8,12)(H,11,13)(H2,9,14,15). The normalized spacial score (nSPS) is 11.1. The Kier molecular flexibility index (Phi) is 3.74. The van der Waals surface area contributed by atoms with Crippen molar-refractivity contribution in [1.29, 1.82) is 0 Å². The van der Waals surface area contributed by atoms with E-state index in [0.717, 1.165) is 0 Å². The van der Waals surface area contributed by atoms with Crippen LogP contribution in [0.3, 0.4) is 0 Å². The molecule has 5 N–H and O–H groups in total. The minimum atomic E-state index is -3.59. The highest BCUT2D eigenvalue weighted by Crippen LogP contribution is 1.96. The summed E-state index contributed by atoms with van der Waals surface area (Å²) in [6, 6.07) is 0. The SMILES string of the molecule is Nc1cncc(C(=O)NCCS(N)(=O)=O)n1. The quantitative estimate of drug-likeness (QED) is 0.564. The smallest absolute Gasteiger partial charge is 0.271 e. The van der Waals surface area contributed by atoms with Gasteiger partial charge >= 0.3 is 0 Å². The van der Waals surface area contributed by atoms with E-state index >= 15 is 0 Å². The van der Waals surface area contributed by atoms with Crippen molar-refractivity contribution in [3.63, 3.8) is 0 Å². The van der Waals surface area contributed by atoms with Gasteiger partial charge < -0.3 is 11.1 Å². The van der Waals surface area contributed by atoms with E-state index in [1.807, 2.05) is 0 Å². The Labute approximate surface area is 92.1 Å². The van der Waals surface area contributed by atoms with Gasteiger partial charge in [-0.05, 0) is 0 Å². The molecule has 1 rings (SSSR count). The second kappa shape index (κ2) is 4.86. The van der Waals surface area contributed by atoms with Gasteiger partial charge in [0.1, 0.15) is 11.5 Å². The van der Waals surface area contributed by atoms with Crippen LogP contribution in [0, 0.1) is 0 Å². The Balaban J connectivity index is 2.54. The van der Waals surface area contributed by atoms with Crippen molar-refractivity contribution in [3.8, 4) is 0 Å². The number of aromatic nitrogens is 2. The third kappa shape index (κ3) is 4.19. The Bertz CT molecular complexity index is 487. The molecule has 1 aromatic rings. The topological polar surface area (TPSA) is 141 Å². The Morgan fingerprint density at radius 3 is 2.69 bits per heavy atom. The highest BCUT2D eigenvalue weighted by molar-refractivity contribution is 7.89. The highest BCUT2D eigenvalue weighted by atomic mass is 32.2. The van der Waals surface area contributed by atoms with Crippen molar-refractivity contribution in [2.24, 2.45) is 5.14 Å². The fourth-order valence-corrected chi connectivity index (χ4v) is 1.27. The average Bonchev–Trinajstić information content (AvgIpc) is 2.15. The Morgan fingerprint density at radius 1 is 1.44 bits per heavy atom. The zero-order valence-electron chi connectivity index (χ0n) is 8.25. The molecule has 0 radical (unpaired) electrons. The van der Waals surface area contributed by atoms with Gasteiger partial charge in [0.2, 0.25) is 10.0 Å². The van der Waals surface area contributed by atoms with Crippen LogP contribution in [0.15, 0.2) is 12.4 Å². The number of nitrogens with zero attached hydrogens (tertiary/aromatic N) is 2. The summed E-state index contributed by atoms with van der Waals surface area (Å²) >= 11 is 0. The molecule has 88 valence electrons. The molecule has 1 aromatic heterocycles. The number of anilines is 1. The van der Waals surface area contributed by atoms with Crippen LogP contribution in [0.4, 0.5) is 5.82 Å². The van der Waals surface area contributed by atoms with Crippen molar-refractivity contribution < 1.29 is 13.2 Å². The second-order valence-electron chi connectivity index (χ2n) is 2.95. The van der Waals surface area contributed by atoms with Crippen molar-refractivity contribution in [1.82, 2.24) is 15.3 Å². The molecular formula is C7H11N5O3S. The number of amides is 1. The first-order valence-electron chi connectivity index (χ1n) is 4.25. The van der Waals surface area contributed by atoms with Crippen LogP contribution in [-0.2, 0) is 10.0 Å². The summed E-state index contributed by atoms with van der Waals surface area (Å²) in [7, 11) is -3.59. The molecular weight excluding hydrogens is 234 g/mol. The van der Waals surface area contributed by atoms with Gasteiger partial charge in [0, 0.05) is 6.54 Å². The van der Waals surface area contributed by atoms with Crippen LogP contribution in [0.5, 0.6) is 0 Å². The number of carbonyl (C=O) groups is 1. The lowest BCUT2D eigenvalue weighted by Gasteiger charge is -2.03. The molecule has 0 spiro atoms. The molecule has 0 bridgehead atoms. The first-order valence-corrected chi connectivity index (χ1v) is 5.96. The number of carbonyl (C=O) groups excluding carboxylic acids is 1. The van der Waals surface area contributed by atoms with Gasteiger partial charge in [-0.1, -0.05) is 0 Å². The number of hydrogen-bond donors (Lipinski definition) is 3. The van der Waals surface area contributed by atoms with E-state index < -0.39 is 15.9 Å². The lowest BCUT2D eigenvalue weighted by atomic mass is 10.4. The molecule has 8 nitrogen and oxygen atoms in total. The third-order valence-corrected chi connectivity index (χ3v) is 2.33. The number of primary sulfonamides is 1. The van der Waals surface area contributed by atoms with Gasteiger partial charge in [-0.15, -0.1) is 0 Å². The number of nitrogens with one attached hydrogen (secondary N) is 1. The van der Waals surface area contributed by atoms with Crippen molar-refractivity contribution in [3.05, 3.63) is 18.1 Å². The first kappa shape index (κ1) is 12.3. The molecule has 0 fully saturated rings. The predicted molar refractivity (Wildman–Crippen MR) is 56.8 cm³/mol. The molecule has 0 saturated heterocycles. The first-order chi connectivity index (χ1) is 7.38. The highest BCUT2D eigenvalue weighted by Gasteiger charge is 2.09. The number of nitrogens with two attached hydrogens (primary N) is 2. The summed E-state index contributed by atoms with van der Waals surface area (Å²) in [5.74, 6) is -0.781. The van der Waals surface area contributed by atoms with E-state index in [1.165, 1.54) is 12.4 Å². The molecule has 1 heterocycles. The van der Waals surface area contributed by atoms with Gasteiger partial charge in [0.05, 0.1) is 18.1 Å². The maximum absolute atomic E-state index is 11.4. The maximum atomic E-state index is 11.4. The average molecular weight is 245 g/mol. The summed E-state index contributed by atoms with van der Waals surface area (Å²) in [5.41, 5.74) is 5.35. The van der Waals surface area contributed by atoms with E-state index in [1.54, 1.807) is 0 Å². The Morgan fingerprint density at radius 2 is 2.12 bits per heavy atom.